The lowest BCUT2D eigenvalue weighted by atomic mass is 10.3. The van der Waals surface area contributed by atoms with Gasteiger partial charge in [0.2, 0.25) is 5.82 Å². The predicted molar refractivity (Wildman–Crippen MR) is 70.0 cm³/mol. The van der Waals surface area contributed by atoms with Gasteiger partial charge < -0.3 is 5.32 Å². The van der Waals surface area contributed by atoms with Crippen LogP contribution < -0.4 is 10.0 Å². The summed E-state index contributed by atoms with van der Waals surface area (Å²) in [6.07, 6.45) is 0. The van der Waals surface area contributed by atoms with Gasteiger partial charge in [0.05, 0.1) is 10.6 Å². The van der Waals surface area contributed by atoms with E-state index in [1.54, 1.807) is 0 Å². The van der Waals surface area contributed by atoms with Crippen LogP contribution in [0.25, 0.3) is 0 Å². The second kappa shape index (κ2) is 5.69. The maximum atomic E-state index is 13.4. The molecule has 1 heterocycles. The van der Waals surface area contributed by atoms with Crippen molar-refractivity contribution in [3.8, 4) is 0 Å². The lowest BCUT2D eigenvalue weighted by Crippen LogP contribution is -2.48. The number of nitrogens with one attached hydrogen (secondary N) is 2. The number of nitro benzene ring substituents is 1. The van der Waals surface area contributed by atoms with E-state index >= 15 is 0 Å². The third-order valence-electron chi connectivity index (χ3n) is 2.81. The minimum Gasteiger partial charge on any atom is -0.314 e. The van der Waals surface area contributed by atoms with Crippen LogP contribution in [-0.2, 0) is 10.2 Å². The Kier molecular flexibility index (Phi) is 4.16. The monoisotopic (exact) mass is 304 g/mol. The zero-order valence-electron chi connectivity index (χ0n) is 10.4. The van der Waals surface area contributed by atoms with Crippen LogP contribution in [-0.4, -0.2) is 43.8 Å². The van der Waals surface area contributed by atoms with Crippen molar-refractivity contribution in [2.24, 2.45) is 0 Å². The van der Waals surface area contributed by atoms with E-state index in [4.69, 9.17) is 0 Å². The molecular weight excluding hydrogens is 291 g/mol. The largest absolute Gasteiger partial charge is 0.314 e. The lowest BCUT2D eigenvalue weighted by Gasteiger charge is -2.26. The van der Waals surface area contributed by atoms with E-state index in [1.165, 1.54) is 4.31 Å². The fourth-order valence-electron chi connectivity index (χ4n) is 1.82. The second-order valence-electron chi connectivity index (χ2n) is 4.18. The number of halogens is 1. The molecule has 0 atom stereocenters. The molecular formula is C10H13FN4O4S. The van der Waals surface area contributed by atoms with E-state index in [0.29, 0.717) is 26.2 Å². The first kappa shape index (κ1) is 14.6. The summed E-state index contributed by atoms with van der Waals surface area (Å²) in [5.74, 6) is -1.09. The molecule has 0 unspecified atom stereocenters. The van der Waals surface area contributed by atoms with E-state index in [2.05, 4.69) is 10.0 Å². The van der Waals surface area contributed by atoms with Gasteiger partial charge in [-0.1, -0.05) is 0 Å². The first-order chi connectivity index (χ1) is 9.40. The highest BCUT2D eigenvalue weighted by Crippen LogP contribution is 2.22. The molecule has 1 aliphatic rings. The quantitative estimate of drug-likeness (QED) is 0.615. The Morgan fingerprint density at radius 1 is 1.35 bits per heavy atom. The van der Waals surface area contributed by atoms with Gasteiger partial charge in [-0.25, -0.2) is 0 Å². The van der Waals surface area contributed by atoms with E-state index in [1.807, 2.05) is 0 Å². The highest BCUT2D eigenvalue weighted by Gasteiger charge is 2.24. The van der Waals surface area contributed by atoms with Gasteiger partial charge in [-0.05, 0) is 6.07 Å². The van der Waals surface area contributed by atoms with E-state index in [9.17, 15) is 22.9 Å². The standard InChI is InChI=1S/C10H13FN4O4S/c11-9-7-8(1-2-10(9)15(16)17)13-20(18,19)14-5-3-12-4-6-14/h1-2,7,12-13H,3-6H2. The van der Waals surface area contributed by atoms with Crippen molar-refractivity contribution < 1.29 is 17.7 Å². The van der Waals surface area contributed by atoms with Gasteiger partial charge in [0.25, 0.3) is 0 Å². The summed E-state index contributed by atoms with van der Waals surface area (Å²) < 4.78 is 40.9. The van der Waals surface area contributed by atoms with Gasteiger partial charge in [0.1, 0.15) is 0 Å². The molecule has 2 N–H and O–H groups in total. The summed E-state index contributed by atoms with van der Waals surface area (Å²) in [7, 11) is -3.78. The molecule has 2 rings (SSSR count). The summed E-state index contributed by atoms with van der Waals surface area (Å²) in [6, 6.07) is 2.86. The minimum absolute atomic E-state index is 0.0494. The second-order valence-corrected chi connectivity index (χ2v) is 5.85. The summed E-state index contributed by atoms with van der Waals surface area (Å²) in [6.45, 7) is 1.70. The van der Waals surface area contributed by atoms with E-state index in [-0.39, 0.29) is 5.69 Å². The summed E-state index contributed by atoms with van der Waals surface area (Å²) in [5.41, 5.74) is -0.748. The fraction of sp³-hybridized carbons (Fsp3) is 0.400. The molecule has 1 aliphatic heterocycles. The predicted octanol–water partition coefficient (Wildman–Crippen LogP) is 0.296. The number of rotatable bonds is 4. The third-order valence-corrected chi connectivity index (χ3v) is 4.35. The summed E-state index contributed by atoms with van der Waals surface area (Å²) >= 11 is 0. The highest BCUT2D eigenvalue weighted by atomic mass is 32.2. The molecule has 0 spiro atoms. The Morgan fingerprint density at radius 2 is 2.00 bits per heavy atom. The molecule has 110 valence electrons. The van der Waals surface area contributed by atoms with Crippen LogP contribution in [0.2, 0.25) is 0 Å². The molecule has 1 aromatic carbocycles. The average molecular weight is 304 g/mol. The zero-order valence-corrected chi connectivity index (χ0v) is 11.2. The Morgan fingerprint density at radius 3 is 2.55 bits per heavy atom. The van der Waals surface area contributed by atoms with Gasteiger partial charge in [-0.15, -0.1) is 0 Å². The van der Waals surface area contributed by atoms with Crippen LogP contribution in [0.3, 0.4) is 0 Å². The van der Waals surface area contributed by atoms with Crippen molar-refractivity contribution in [1.29, 1.82) is 0 Å². The van der Waals surface area contributed by atoms with Crippen molar-refractivity contribution in [1.82, 2.24) is 9.62 Å². The highest BCUT2D eigenvalue weighted by molar-refractivity contribution is 7.90. The Hall–Kier alpha value is -1.78. The Balaban J connectivity index is 2.17. The van der Waals surface area contributed by atoms with Crippen LogP contribution in [0.5, 0.6) is 0 Å². The molecule has 0 amide bonds. The van der Waals surface area contributed by atoms with Gasteiger partial charge >= 0.3 is 15.9 Å². The van der Waals surface area contributed by atoms with E-state index < -0.39 is 26.6 Å². The SMILES string of the molecule is O=[N+]([O-])c1ccc(NS(=O)(=O)N2CCNCC2)cc1F. The van der Waals surface area contributed by atoms with Gasteiger partial charge in [-0.3, -0.25) is 14.8 Å². The number of piperazine rings is 1. The average Bonchev–Trinajstić information content (AvgIpc) is 2.39. The molecule has 0 aliphatic carbocycles. The van der Waals surface area contributed by atoms with Crippen LogP contribution in [0.15, 0.2) is 18.2 Å². The first-order valence-electron chi connectivity index (χ1n) is 5.83. The van der Waals surface area contributed by atoms with Gasteiger partial charge in [0, 0.05) is 38.3 Å². The maximum absolute atomic E-state index is 13.4. The molecule has 10 heteroatoms. The van der Waals surface area contributed by atoms with Crippen molar-refractivity contribution in [3.63, 3.8) is 0 Å². The fourth-order valence-corrected chi connectivity index (χ4v) is 3.03. The van der Waals surface area contributed by atoms with Gasteiger partial charge in [-0.2, -0.15) is 17.1 Å². The number of nitro groups is 1. The molecule has 0 aromatic heterocycles. The molecule has 0 saturated carbocycles. The van der Waals surface area contributed by atoms with Crippen molar-refractivity contribution >= 4 is 21.6 Å². The molecule has 1 fully saturated rings. The van der Waals surface area contributed by atoms with Crippen molar-refractivity contribution in [2.45, 2.75) is 0 Å². The Bertz CT molecular complexity index is 616. The Labute approximate surface area is 114 Å². The molecule has 20 heavy (non-hydrogen) atoms. The van der Waals surface area contributed by atoms with Crippen LogP contribution >= 0.6 is 0 Å². The molecule has 0 radical (unpaired) electrons. The molecule has 1 saturated heterocycles. The summed E-state index contributed by atoms with van der Waals surface area (Å²) in [4.78, 5) is 9.61. The summed E-state index contributed by atoms with van der Waals surface area (Å²) in [5, 5.41) is 13.5. The van der Waals surface area contributed by atoms with E-state index in [0.717, 1.165) is 18.2 Å². The minimum atomic E-state index is -3.78. The number of benzene rings is 1. The van der Waals surface area contributed by atoms with Crippen LogP contribution in [0, 0.1) is 15.9 Å². The number of anilines is 1. The van der Waals surface area contributed by atoms with Crippen molar-refractivity contribution in [2.75, 3.05) is 30.9 Å². The molecule has 8 nitrogen and oxygen atoms in total. The number of nitrogens with zero attached hydrogens (tertiary/aromatic N) is 2. The van der Waals surface area contributed by atoms with Crippen molar-refractivity contribution in [3.05, 3.63) is 34.1 Å². The maximum Gasteiger partial charge on any atom is 0.304 e. The third kappa shape index (κ3) is 3.21. The number of hydrogen-bond donors (Lipinski definition) is 2. The van der Waals surface area contributed by atoms with Gasteiger partial charge in [0.15, 0.2) is 0 Å². The van der Waals surface area contributed by atoms with Crippen LogP contribution in [0.1, 0.15) is 0 Å². The van der Waals surface area contributed by atoms with Crippen LogP contribution in [0.4, 0.5) is 15.8 Å². The molecule has 1 aromatic rings. The smallest absolute Gasteiger partial charge is 0.304 e. The first-order valence-corrected chi connectivity index (χ1v) is 7.27. The molecule has 0 bridgehead atoms. The topological polar surface area (TPSA) is 105 Å². The lowest BCUT2D eigenvalue weighted by molar-refractivity contribution is -0.387. The number of hydrogen-bond acceptors (Lipinski definition) is 5. The normalized spacial score (nSPS) is 16.9. The zero-order chi connectivity index (χ0) is 14.8.